The first-order valence-electron chi connectivity index (χ1n) is 9.74. The van der Waals surface area contributed by atoms with Crippen molar-refractivity contribution in [1.29, 1.82) is 5.26 Å². The molecule has 7 nitrogen and oxygen atoms in total. The van der Waals surface area contributed by atoms with Crippen LogP contribution < -0.4 is 15.0 Å². The van der Waals surface area contributed by atoms with Crippen molar-refractivity contribution in [3.8, 4) is 11.8 Å². The number of amides is 2. The molecule has 0 aliphatic carbocycles. The second-order valence-corrected chi connectivity index (χ2v) is 8.33. The number of methoxy groups -OCH3 is 1. The average Bonchev–Trinajstić information content (AvgIpc) is 3.40. The van der Waals surface area contributed by atoms with Gasteiger partial charge in [0.1, 0.15) is 5.75 Å². The van der Waals surface area contributed by atoms with Crippen LogP contribution in [0, 0.1) is 17.2 Å². The Balaban J connectivity index is 1.37. The number of anilines is 2. The van der Waals surface area contributed by atoms with Crippen molar-refractivity contribution in [1.82, 2.24) is 4.98 Å². The third-order valence-corrected chi connectivity index (χ3v) is 6.02. The van der Waals surface area contributed by atoms with Gasteiger partial charge in [-0.2, -0.15) is 5.26 Å². The number of benzene rings is 2. The second-order valence-electron chi connectivity index (χ2n) is 7.21. The second kappa shape index (κ2) is 8.98. The molecule has 0 unspecified atom stereocenters. The zero-order chi connectivity index (χ0) is 21.8. The molecule has 1 saturated heterocycles. The van der Waals surface area contributed by atoms with Crippen LogP contribution in [0.4, 0.5) is 10.8 Å². The standard InChI is InChI=1S/C23H20N4O3S/c1-30-19-4-2-3-18(11-19)27-14-17(10-21(27)28)22(29)26-23-25-13-20(31-23)9-15-5-7-16(12-24)8-6-15/h2-8,11,13,17H,9-10,14H2,1H3,(H,25,26,29)/t17-/m0/s1. The normalized spacial score (nSPS) is 15.5. The Bertz CT molecular complexity index is 1150. The molecule has 8 heteroatoms. The Kier molecular flexibility index (Phi) is 5.96. The molecule has 1 aliphatic rings. The molecular weight excluding hydrogens is 412 g/mol. The van der Waals surface area contributed by atoms with Crippen molar-refractivity contribution < 1.29 is 14.3 Å². The highest BCUT2D eigenvalue weighted by molar-refractivity contribution is 7.15. The van der Waals surface area contributed by atoms with Crippen LogP contribution in [0.2, 0.25) is 0 Å². The first-order valence-corrected chi connectivity index (χ1v) is 10.6. The van der Waals surface area contributed by atoms with E-state index in [0.717, 1.165) is 16.1 Å². The monoisotopic (exact) mass is 432 g/mol. The first kappa shape index (κ1) is 20.6. The Morgan fingerprint density at radius 3 is 2.87 bits per heavy atom. The maximum atomic E-state index is 12.7. The first-order chi connectivity index (χ1) is 15.1. The van der Waals surface area contributed by atoms with E-state index < -0.39 is 5.92 Å². The smallest absolute Gasteiger partial charge is 0.231 e. The average molecular weight is 433 g/mol. The lowest BCUT2D eigenvalue weighted by atomic mass is 10.1. The summed E-state index contributed by atoms with van der Waals surface area (Å²) in [5.41, 5.74) is 2.41. The summed E-state index contributed by atoms with van der Waals surface area (Å²) in [6.07, 6.45) is 2.57. The summed E-state index contributed by atoms with van der Waals surface area (Å²) in [7, 11) is 1.57. The van der Waals surface area contributed by atoms with Gasteiger partial charge in [0, 0.05) is 42.2 Å². The number of thiazole rings is 1. The van der Waals surface area contributed by atoms with E-state index in [1.807, 2.05) is 30.3 Å². The Morgan fingerprint density at radius 1 is 1.32 bits per heavy atom. The van der Waals surface area contributed by atoms with Crippen LogP contribution in [0.5, 0.6) is 5.75 Å². The van der Waals surface area contributed by atoms with Crippen molar-refractivity contribution >= 4 is 34.0 Å². The number of nitrogens with one attached hydrogen (secondary N) is 1. The molecule has 1 atom stereocenters. The van der Waals surface area contributed by atoms with Crippen LogP contribution in [-0.4, -0.2) is 30.5 Å². The minimum atomic E-state index is -0.440. The third kappa shape index (κ3) is 4.73. The van der Waals surface area contributed by atoms with Crippen molar-refractivity contribution in [3.05, 3.63) is 70.7 Å². The molecule has 0 spiro atoms. The van der Waals surface area contributed by atoms with Gasteiger partial charge in [-0.15, -0.1) is 11.3 Å². The summed E-state index contributed by atoms with van der Waals surface area (Å²) < 4.78 is 5.22. The maximum Gasteiger partial charge on any atom is 0.231 e. The van der Waals surface area contributed by atoms with Crippen molar-refractivity contribution in [2.24, 2.45) is 5.92 Å². The van der Waals surface area contributed by atoms with Gasteiger partial charge in [-0.1, -0.05) is 18.2 Å². The van der Waals surface area contributed by atoms with Crippen LogP contribution in [0.25, 0.3) is 0 Å². The number of nitriles is 1. The molecule has 2 amide bonds. The fourth-order valence-corrected chi connectivity index (χ4v) is 4.31. The number of nitrogens with zero attached hydrogens (tertiary/aromatic N) is 3. The van der Waals surface area contributed by atoms with Crippen LogP contribution >= 0.6 is 11.3 Å². The Morgan fingerprint density at radius 2 is 2.13 bits per heavy atom. The molecule has 156 valence electrons. The lowest BCUT2D eigenvalue weighted by molar-refractivity contribution is -0.122. The lowest BCUT2D eigenvalue weighted by Gasteiger charge is -2.17. The molecule has 3 aromatic rings. The van der Waals surface area contributed by atoms with Gasteiger partial charge in [-0.05, 0) is 29.8 Å². The summed E-state index contributed by atoms with van der Waals surface area (Å²) in [6, 6.07) is 16.7. The van der Waals surface area contributed by atoms with Gasteiger partial charge in [-0.25, -0.2) is 4.98 Å². The van der Waals surface area contributed by atoms with Crippen molar-refractivity contribution in [3.63, 3.8) is 0 Å². The van der Waals surface area contributed by atoms with Crippen LogP contribution in [0.3, 0.4) is 0 Å². The van der Waals surface area contributed by atoms with E-state index in [-0.39, 0.29) is 18.2 Å². The zero-order valence-corrected chi connectivity index (χ0v) is 17.7. The van der Waals surface area contributed by atoms with E-state index in [9.17, 15) is 9.59 Å². The van der Waals surface area contributed by atoms with Crippen molar-refractivity contribution in [2.75, 3.05) is 23.9 Å². The number of carbonyl (C=O) groups excluding carboxylic acids is 2. The van der Waals surface area contributed by atoms with Gasteiger partial charge in [-0.3, -0.25) is 9.59 Å². The minimum absolute atomic E-state index is 0.0888. The molecular formula is C23H20N4O3S. The molecule has 1 aromatic heterocycles. The summed E-state index contributed by atoms with van der Waals surface area (Å²) in [5, 5.41) is 12.2. The molecule has 0 saturated carbocycles. The fourth-order valence-electron chi connectivity index (χ4n) is 3.46. The molecule has 1 aliphatic heterocycles. The molecule has 2 aromatic carbocycles. The number of hydrogen-bond acceptors (Lipinski definition) is 6. The summed E-state index contributed by atoms with van der Waals surface area (Å²) >= 11 is 1.40. The summed E-state index contributed by atoms with van der Waals surface area (Å²) in [4.78, 5) is 32.1. The highest BCUT2D eigenvalue weighted by Gasteiger charge is 2.35. The quantitative estimate of drug-likeness (QED) is 0.642. The van der Waals surface area contributed by atoms with Gasteiger partial charge < -0.3 is 15.0 Å². The maximum absolute atomic E-state index is 12.7. The largest absolute Gasteiger partial charge is 0.497 e. The predicted molar refractivity (Wildman–Crippen MR) is 118 cm³/mol. The topological polar surface area (TPSA) is 95.3 Å². The Labute approximate surface area is 183 Å². The molecule has 1 N–H and O–H groups in total. The van der Waals surface area contributed by atoms with E-state index >= 15 is 0 Å². The SMILES string of the molecule is COc1cccc(N2C[C@@H](C(=O)Nc3ncc(Cc4ccc(C#N)cc4)s3)CC2=O)c1. The van der Waals surface area contributed by atoms with E-state index in [2.05, 4.69) is 16.4 Å². The fraction of sp³-hybridized carbons (Fsp3) is 0.217. The summed E-state index contributed by atoms with van der Waals surface area (Å²) in [5.74, 6) is -0.0765. The van der Waals surface area contributed by atoms with E-state index in [4.69, 9.17) is 10.00 Å². The van der Waals surface area contributed by atoms with E-state index in [1.165, 1.54) is 11.3 Å². The van der Waals surface area contributed by atoms with Gasteiger partial charge in [0.2, 0.25) is 11.8 Å². The van der Waals surface area contributed by atoms with Gasteiger partial charge >= 0.3 is 0 Å². The number of rotatable bonds is 6. The van der Waals surface area contributed by atoms with E-state index in [1.54, 1.807) is 36.4 Å². The minimum Gasteiger partial charge on any atom is -0.497 e. The van der Waals surface area contributed by atoms with Crippen molar-refractivity contribution in [2.45, 2.75) is 12.8 Å². The summed E-state index contributed by atoms with van der Waals surface area (Å²) in [6.45, 7) is 0.321. The molecule has 0 radical (unpaired) electrons. The highest BCUT2D eigenvalue weighted by atomic mass is 32.1. The molecule has 2 heterocycles. The van der Waals surface area contributed by atoms with E-state index in [0.29, 0.717) is 29.4 Å². The number of carbonyl (C=O) groups is 2. The molecule has 31 heavy (non-hydrogen) atoms. The number of aromatic nitrogens is 1. The van der Waals surface area contributed by atoms with Gasteiger partial charge in [0.15, 0.2) is 5.13 Å². The van der Waals surface area contributed by atoms with Crippen LogP contribution in [-0.2, 0) is 16.0 Å². The lowest BCUT2D eigenvalue weighted by Crippen LogP contribution is -2.28. The highest BCUT2D eigenvalue weighted by Crippen LogP contribution is 2.29. The Hall–Kier alpha value is -3.70. The van der Waals surface area contributed by atoms with Gasteiger partial charge in [0.05, 0.1) is 24.7 Å². The predicted octanol–water partition coefficient (Wildman–Crippen LogP) is 3.61. The molecule has 1 fully saturated rings. The number of hydrogen-bond donors (Lipinski definition) is 1. The molecule has 0 bridgehead atoms. The van der Waals surface area contributed by atoms with Gasteiger partial charge in [0.25, 0.3) is 0 Å². The zero-order valence-electron chi connectivity index (χ0n) is 16.9. The molecule has 4 rings (SSSR count). The number of ether oxygens (including phenoxy) is 1. The van der Waals surface area contributed by atoms with Crippen LogP contribution in [0.1, 0.15) is 22.4 Å². The van der Waals surface area contributed by atoms with Crippen LogP contribution in [0.15, 0.2) is 54.7 Å². The third-order valence-electron chi connectivity index (χ3n) is 5.11.